The molecule has 132 valence electrons. The van der Waals surface area contributed by atoms with Gasteiger partial charge in [0.15, 0.2) is 11.5 Å². The van der Waals surface area contributed by atoms with Crippen molar-refractivity contribution in [2.45, 2.75) is 12.5 Å². The molecule has 8 heteroatoms. The molecular formula is C16H22N2O6. The predicted octanol–water partition coefficient (Wildman–Crippen LogP) is 1.28. The maximum atomic E-state index is 12.3. The van der Waals surface area contributed by atoms with Gasteiger partial charge in [-0.05, 0) is 12.1 Å². The van der Waals surface area contributed by atoms with Crippen LogP contribution in [0.4, 0.5) is 4.79 Å². The Labute approximate surface area is 140 Å². The summed E-state index contributed by atoms with van der Waals surface area (Å²) >= 11 is 0. The van der Waals surface area contributed by atoms with Crippen LogP contribution in [0.25, 0.3) is 0 Å². The fraction of sp³-hybridized carbons (Fsp3) is 0.500. The van der Waals surface area contributed by atoms with Crippen LogP contribution in [0.3, 0.4) is 0 Å². The van der Waals surface area contributed by atoms with E-state index in [-0.39, 0.29) is 18.1 Å². The molecule has 0 aromatic heterocycles. The van der Waals surface area contributed by atoms with E-state index < -0.39 is 0 Å². The molecule has 1 N–H and O–H groups in total. The summed E-state index contributed by atoms with van der Waals surface area (Å²) in [5, 5.41) is 2.79. The molecule has 1 aromatic carbocycles. The van der Waals surface area contributed by atoms with Crippen LogP contribution in [-0.2, 0) is 4.74 Å². The molecule has 2 amide bonds. The number of benzene rings is 1. The number of hydrogen-bond donors (Lipinski definition) is 1. The third-order valence-electron chi connectivity index (χ3n) is 3.74. The van der Waals surface area contributed by atoms with E-state index in [1.54, 1.807) is 19.2 Å². The third-order valence-corrected chi connectivity index (χ3v) is 3.74. The maximum absolute atomic E-state index is 12.3. The van der Waals surface area contributed by atoms with Crippen LogP contribution in [0.1, 0.15) is 16.8 Å². The van der Waals surface area contributed by atoms with Crippen LogP contribution in [0, 0.1) is 0 Å². The summed E-state index contributed by atoms with van der Waals surface area (Å²) in [4.78, 5) is 25.1. The average molecular weight is 338 g/mol. The maximum Gasteiger partial charge on any atom is 0.409 e. The number of methoxy groups -OCH3 is 3. The van der Waals surface area contributed by atoms with Crippen LogP contribution in [0.5, 0.6) is 17.2 Å². The lowest BCUT2D eigenvalue weighted by atomic mass is 10.1. The van der Waals surface area contributed by atoms with Crippen molar-refractivity contribution in [1.82, 2.24) is 10.2 Å². The number of carbonyl (C=O) groups excluding carboxylic acids is 2. The largest absolute Gasteiger partial charge is 0.493 e. The first-order chi connectivity index (χ1) is 11.5. The molecule has 1 atom stereocenters. The number of ether oxygens (including phenoxy) is 4. The zero-order chi connectivity index (χ0) is 17.7. The standard InChI is InChI=1S/C16H22N2O6/c1-18-9-11(24-16(18)20)5-6-17-15(19)10-7-12(21-2)14(23-4)13(8-10)22-3/h7-8,11H,5-6,9H2,1-4H3,(H,17,19). The SMILES string of the molecule is COc1cc(C(=O)NCCC2CN(C)C(=O)O2)cc(OC)c1OC. The Hall–Kier alpha value is -2.64. The lowest BCUT2D eigenvalue weighted by molar-refractivity contribution is 0.0943. The molecule has 0 radical (unpaired) electrons. The highest BCUT2D eigenvalue weighted by molar-refractivity contribution is 5.95. The lowest BCUT2D eigenvalue weighted by Crippen LogP contribution is -2.28. The van der Waals surface area contributed by atoms with Gasteiger partial charge in [-0.15, -0.1) is 0 Å². The van der Waals surface area contributed by atoms with Gasteiger partial charge in [0, 0.05) is 25.6 Å². The Morgan fingerprint density at radius 3 is 2.33 bits per heavy atom. The molecule has 0 spiro atoms. The number of carbonyl (C=O) groups is 2. The zero-order valence-electron chi connectivity index (χ0n) is 14.3. The second-order valence-corrected chi connectivity index (χ2v) is 5.34. The number of amides is 2. The average Bonchev–Trinajstić information content (AvgIpc) is 2.91. The van der Waals surface area contributed by atoms with E-state index in [1.165, 1.54) is 26.2 Å². The highest BCUT2D eigenvalue weighted by atomic mass is 16.6. The van der Waals surface area contributed by atoms with Gasteiger partial charge in [0.25, 0.3) is 5.91 Å². The third kappa shape index (κ3) is 3.81. The number of hydrogen-bond acceptors (Lipinski definition) is 6. The Morgan fingerprint density at radius 2 is 1.88 bits per heavy atom. The summed E-state index contributed by atoms with van der Waals surface area (Å²) < 4.78 is 20.8. The highest BCUT2D eigenvalue weighted by Crippen LogP contribution is 2.38. The molecule has 1 unspecified atom stereocenters. The first-order valence-corrected chi connectivity index (χ1v) is 7.50. The Balaban J connectivity index is 1.98. The molecular weight excluding hydrogens is 316 g/mol. The second kappa shape index (κ2) is 7.76. The molecule has 0 aliphatic carbocycles. The first-order valence-electron chi connectivity index (χ1n) is 7.50. The molecule has 1 aromatic rings. The summed E-state index contributed by atoms with van der Waals surface area (Å²) in [5.74, 6) is 0.978. The van der Waals surface area contributed by atoms with E-state index in [1.807, 2.05) is 0 Å². The topological polar surface area (TPSA) is 86.3 Å². The van der Waals surface area contributed by atoms with Gasteiger partial charge in [-0.1, -0.05) is 0 Å². The predicted molar refractivity (Wildman–Crippen MR) is 85.9 cm³/mol. The van der Waals surface area contributed by atoms with Gasteiger partial charge in [-0.3, -0.25) is 4.79 Å². The van der Waals surface area contributed by atoms with E-state index in [2.05, 4.69) is 5.32 Å². The van der Waals surface area contributed by atoms with Crippen LogP contribution < -0.4 is 19.5 Å². The number of likely N-dealkylation sites (N-methyl/N-ethyl adjacent to an activating group) is 1. The molecule has 1 saturated heterocycles. The molecule has 1 aliphatic rings. The number of cyclic esters (lactones) is 1. The molecule has 1 fully saturated rings. The van der Waals surface area contributed by atoms with Gasteiger partial charge in [0.2, 0.25) is 5.75 Å². The summed E-state index contributed by atoms with van der Waals surface area (Å²) in [6, 6.07) is 3.17. The van der Waals surface area contributed by atoms with E-state index in [0.29, 0.717) is 42.3 Å². The van der Waals surface area contributed by atoms with Crippen LogP contribution in [0.15, 0.2) is 12.1 Å². The minimum absolute atomic E-state index is 0.206. The van der Waals surface area contributed by atoms with Gasteiger partial charge < -0.3 is 29.2 Å². The molecule has 0 saturated carbocycles. The van der Waals surface area contributed by atoms with Crippen molar-refractivity contribution in [3.63, 3.8) is 0 Å². The quantitative estimate of drug-likeness (QED) is 0.806. The molecule has 24 heavy (non-hydrogen) atoms. The Bertz CT molecular complexity index is 594. The van der Waals surface area contributed by atoms with Crippen molar-refractivity contribution in [3.05, 3.63) is 17.7 Å². The number of rotatable bonds is 7. The molecule has 2 rings (SSSR count). The van der Waals surface area contributed by atoms with Gasteiger partial charge in [0.1, 0.15) is 6.10 Å². The smallest absolute Gasteiger partial charge is 0.409 e. The Kier molecular flexibility index (Phi) is 5.73. The fourth-order valence-electron chi connectivity index (χ4n) is 2.46. The van der Waals surface area contributed by atoms with Crippen molar-refractivity contribution in [1.29, 1.82) is 0 Å². The second-order valence-electron chi connectivity index (χ2n) is 5.34. The number of nitrogens with zero attached hydrogens (tertiary/aromatic N) is 1. The van der Waals surface area contributed by atoms with Gasteiger partial charge in [-0.2, -0.15) is 0 Å². The molecule has 8 nitrogen and oxygen atoms in total. The van der Waals surface area contributed by atoms with E-state index in [4.69, 9.17) is 18.9 Å². The minimum atomic E-state index is -0.337. The normalized spacial score (nSPS) is 16.6. The van der Waals surface area contributed by atoms with Crippen molar-refractivity contribution < 1.29 is 28.5 Å². The van der Waals surface area contributed by atoms with Crippen molar-refractivity contribution in [2.24, 2.45) is 0 Å². The summed E-state index contributed by atoms with van der Waals surface area (Å²) in [6.07, 6.45) is 0.00499. The zero-order valence-corrected chi connectivity index (χ0v) is 14.3. The van der Waals surface area contributed by atoms with E-state index in [9.17, 15) is 9.59 Å². The molecule has 1 aliphatic heterocycles. The van der Waals surface area contributed by atoms with Gasteiger partial charge in [-0.25, -0.2) is 4.79 Å². The lowest BCUT2D eigenvalue weighted by Gasteiger charge is -2.14. The van der Waals surface area contributed by atoms with Gasteiger partial charge in [0.05, 0.1) is 27.9 Å². The summed E-state index contributed by atoms with van der Waals surface area (Å²) in [7, 11) is 6.16. The van der Waals surface area contributed by atoms with Gasteiger partial charge >= 0.3 is 6.09 Å². The van der Waals surface area contributed by atoms with Crippen LogP contribution in [-0.4, -0.2) is 64.5 Å². The summed E-state index contributed by atoms with van der Waals surface area (Å²) in [5.41, 5.74) is 0.394. The Morgan fingerprint density at radius 1 is 1.25 bits per heavy atom. The molecule has 0 bridgehead atoms. The first kappa shape index (κ1) is 17.7. The highest BCUT2D eigenvalue weighted by Gasteiger charge is 2.27. The van der Waals surface area contributed by atoms with E-state index >= 15 is 0 Å². The van der Waals surface area contributed by atoms with Crippen molar-refractivity contribution in [3.8, 4) is 17.2 Å². The van der Waals surface area contributed by atoms with Crippen LogP contribution >= 0.6 is 0 Å². The minimum Gasteiger partial charge on any atom is -0.493 e. The fourth-order valence-corrected chi connectivity index (χ4v) is 2.46. The van der Waals surface area contributed by atoms with Crippen molar-refractivity contribution in [2.75, 3.05) is 41.5 Å². The molecule has 1 heterocycles. The monoisotopic (exact) mass is 338 g/mol. The van der Waals surface area contributed by atoms with E-state index in [0.717, 1.165) is 0 Å². The summed E-state index contributed by atoms with van der Waals surface area (Å²) in [6.45, 7) is 0.917. The van der Waals surface area contributed by atoms with Crippen LogP contribution in [0.2, 0.25) is 0 Å². The number of nitrogens with one attached hydrogen (secondary N) is 1. The van der Waals surface area contributed by atoms with Crippen molar-refractivity contribution >= 4 is 12.0 Å².